The van der Waals surface area contributed by atoms with Crippen molar-refractivity contribution in [2.45, 2.75) is 57.7 Å². The maximum atomic E-state index is 13.4. The Bertz CT molecular complexity index is 1160. The second-order valence-electron chi connectivity index (χ2n) is 9.97. The summed E-state index contributed by atoms with van der Waals surface area (Å²) in [5, 5.41) is 6.80. The highest BCUT2D eigenvalue weighted by Crippen LogP contribution is 2.22. The van der Waals surface area contributed by atoms with Crippen molar-refractivity contribution in [3.8, 4) is 0 Å². The first-order valence-electron chi connectivity index (χ1n) is 12.9. The second-order valence-corrected chi connectivity index (χ2v) is 9.97. The molecule has 0 aliphatic heterocycles. The molecule has 0 aromatic heterocycles. The summed E-state index contributed by atoms with van der Waals surface area (Å²) in [6, 6.07) is 26.2. The van der Waals surface area contributed by atoms with Gasteiger partial charge in [-0.3, -0.25) is 9.59 Å². The highest BCUT2D eigenvalue weighted by atomic mass is 16.2. The van der Waals surface area contributed by atoms with E-state index < -0.39 is 0 Å². The summed E-state index contributed by atoms with van der Waals surface area (Å²) in [4.78, 5) is 28.4. The van der Waals surface area contributed by atoms with Crippen LogP contribution in [0.25, 0.3) is 0 Å². The third-order valence-electron chi connectivity index (χ3n) is 6.93. The predicted molar refractivity (Wildman–Crippen MR) is 145 cm³/mol. The van der Waals surface area contributed by atoms with Crippen LogP contribution in [0, 0.1) is 6.92 Å². The quantitative estimate of drug-likeness (QED) is 0.388. The van der Waals surface area contributed by atoms with Gasteiger partial charge in [0, 0.05) is 30.3 Å². The largest absolute Gasteiger partial charge is 0.349 e. The van der Waals surface area contributed by atoms with Crippen LogP contribution < -0.4 is 10.6 Å². The number of hydrogen-bond donors (Lipinski definition) is 2. The summed E-state index contributed by atoms with van der Waals surface area (Å²) in [6.07, 6.45) is 4.11. The minimum atomic E-state index is -0.140. The molecule has 2 N–H and O–H groups in total. The Morgan fingerprint density at radius 1 is 0.944 bits per heavy atom. The topological polar surface area (TPSA) is 61.4 Å². The number of carbonyl (C=O) groups excluding carboxylic acids is 2. The Balaban J connectivity index is 1.47. The average molecular weight is 484 g/mol. The molecule has 5 nitrogen and oxygen atoms in total. The normalized spacial score (nSPS) is 14.6. The van der Waals surface area contributed by atoms with E-state index in [1.165, 1.54) is 18.4 Å². The molecule has 1 saturated carbocycles. The maximum absolute atomic E-state index is 13.4. The Morgan fingerprint density at radius 2 is 1.58 bits per heavy atom. The fourth-order valence-electron chi connectivity index (χ4n) is 4.51. The standard InChI is InChI=1S/C31H37N3O2/c1-22-18-26(21-27(19-22)31(36)34(3)23(2)25-12-8-5-9-13-25)30(35)33-29(16-17-32-28-14-15-28)20-24-10-6-4-7-11-24/h4-13,18-19,21,23,28-29,32H,14-17,20H2,1-3H3,(H,33,35)/t23-,29-/m1/s1. The summed E-state index contributed by atoms with van der Waals surface area (Å²) < 4.78 is 0. The van der Waals surface area contributed by atoms with Crippen LogP contribution in [-0.4, -0.2) is 42.4 Å². The number of hydrogen-bond acceptors (Lipinski definition) is 3. The molecular formula is C31H37N3O2. The van der Waals surface area contributed by atoms with Crippen molar-refractivity contribution >= 4 is 11.8 Å². The molecule has 188 valence electrons. The van der Waals surface area contributed by atoms with E-state index in [0.29, 0.717) is 17.2 Å². The molecule has 1 aliphatic carbocycles. The highest BCUT2D eigenvalue weighted by molar-refractivity contribution is 6.00. The van der Waals surface area contributed by atoms with Crippen molar-refractivity contribution in [1.29, 1.82) is 0 Å². The Kier molecular flexibility index (Phi) is 8.55. The summed E-state index contributed by atoms with van der Waals surface area (Å²) in [5.41, 5.74) is 4.21. The summed E-state index contributed by atoms with van der Waals surface area (Å²) >= 11 is 0. The number of aryl methyl sites for hydroxylation is 1. The first-order chi connectivity index (χ1) is 17.4. The Morgan fingerprint density at radius 3 is 2.25 bits per heavy atom. The lowest BCUT2D eigenvalue weighted by Gasteiger charge is -2.26. The fraction of sp³-hybridized carbons (Fsp3) is 0.355. The van der Waals surface area contributed by atoms with Crippen LogP contribution in [0.5, 0.6) is 0 Å². The van der Waals surface area contributed by atoms with Crippen LogP contribution in [0.2, 0.25) is 0 Å². The Hall–Kier alpha value is -3.44. The van der Waals surface area contributed by atoms with Crippen molar-refractivity contribution < 1.29 is 9.59 Å². The number of nitrogens with zero attached hydrogens (tertiary/aromatic N) is 1. The Labute approximate surface area is 214 Å². The van der Waals surface area contributed by atoms with E-state index in [0.717, 1.165) is 30.5 Å². The van der Waals surface area contributed by atoms with Gasteiger partial charge in [-0.05, 0) is 81.0 Å². The SMILES string of the molecule is Cc1cc(C(=O)N[C@H](CCNC2CC2)Cc2ccccc2)cc(C(=O)N(C)[C@H](C)c2ccccc2)c1. The zero-order valence-electron chi connectivity index (χ0n) is 21.5. The number of nitrogens with one attached hydrogen (secondary N) is 2. The van der Waals surface area contributed by atoms with E-state index in [1.54, 1.807) is 11.0 Å². The fourth-order valence-corrected chi connectivity index (χ4v) is 4.51. The monoisotopic (exact) mass is 483 g/mol. The number of carbonyl (C=O) groups is 2. The molecule has 0 heterocycles. The van der Waals surface area contributed by atoms with Crippen LogP contribution in [-0.2, 0) is 6.42 Å². The molecule has 5 heteroatoms. The van der Waals surface area contributed by atoms with Gasteiger partial charge < -0.3 is 15.5 Å². The van der Waals surface area contributed by atoms with Crippen LogP contribution >= 0.6 is 0 Å². The van der Waals surface area contributed by atoms with Gasteiger partial charge in [-0.25, -0.2) is 0 Å². The predicted octanol–water partition coefficient (Wildman–Crippen LogP) is 5.31. The van der Waals surface area contributed by atoms with Crippen molar-refractivity contribution in [1.82, 2.24) is 15.5 Å². The van der Waals surface area contributed by atoms with Crippen molar-refractivity contribution in [3.05, 3.63) is 107 Å². The molecule has 0 saturated heterocycles. The number of benzene rings is 3. The van der Waals surface area contributed by atoms with Gasteiger partial charge in [0.2, 0.25) is 0 Å². The van der Waals surface area contributed by atoms with Crippen LogP contribution in [0.1, 0.15) is 69.6 Å². The van der Waals surface area contributed by atoms with Gasteiger partial charge in [0.1, 0.15) is 0 Å². The van der Waals surface area contributed by atoms with Gasteiger partial charge in [-0.15, -0.1) is 0 Å². The summed E-state index contributed by atoms with van der Waals surface area (Å²) in [6.45, 7) is 4.82. The molecule has 0 radical (unpaired) electrons. The zero-order valence-corrected chi connectivity index (χ0v) is 21.5. The molecule has 3 aromatic rings. The molecule has 0 unspecified atom stereocenters. The van der Waals surface area contributed by atoms with E-state index in [1.807, 2.05) is 81.6 Å². The molecule has 2 atom stereocenters. The second kappa shape index (κ2) is 12.0. The lowest BCUT2D eigenvalue weighted by Crippen LogP contribution is -2.39. The smallest absolute Gasteiger partial charge is 0.254 e. The van der Waals surface area contributed by atoms with Gasteiger partial charge >= 0.3 is 0 Å². The molecule has 1 aliphatic rings. The van der Waals surface area contributed by atoms with Crippen molar-refractivity contribution in [3.63, 3.8) is 0 Å². The third kappa shape index (κ3) is 7.05. The van der Waals surface area contributed by atoms with E-state index in [9.17, 15) is 9.59 Å². The maximum Gasteiger partial charge on any atom is 0.254 e. The van der Waals surface area contributed by atoms with E-state index in [4.69, 9.17) is 0 Å². The first-order valence-corrected chi connectivity index (χ1v) is 12.9. The molecule has 3 aromatic carbocycles. The minimum Gasteiger partial charge on any atom is -0.349 e. The van der Waals surface area contributed by atoms with Crippen LogP contribution in [0.4, 0.5) is 0 Å². The van der Waals surface area contributed by atoms with Crippen LogP contribution in [0.15, 0.2) is 78.9 Å². The molecular weight excluding hydrogens is 446 g/mol. The van der Waals surface area contributed by atoms with E-state index in [-0.39, 0.29) is 23.9 Å². The van der Waals surface area contributed by atoms with Gasteiger partial charge in [-0.1, -0.05) is 60.7 Å². The third-order valence-corrected chi connectivity index (χ3v) is 6.93. The van der Waals surface area contributed by atoms with Crippen molar-refractivity contribution in [2.75, 3.05) is 13.6 Å². The molecule has 1 fully saturated rings. The van der Waals surface area contributed by atoms with Crippen molar-refractivity contribution in [2.24, 2.45) is 0 Å². The lowest BCUT2D eigenvalue weighted by molar-refractivity contribution is 0.0742. The molecule has 2 amide bonds. The lowest BCUT2D eigenvalue weighted by atomic mass is 10.0. The van der Waals surface area contributed by atoms with E-state index >= 15 is 0 Å². The van der Waals surface area contributed by atoms with Gasteiger partial charge in [0.15, 0.2) is 0 Å². The molecule has 4 rings (SSSR count). The summed E-state index contributed by atoms with van der Waals surface area (Å²) in [7, 11) is 1.81. The minimum absolute atomic E-state index is 0.00610. The zero-order chi connectivity index (χ0) is 25.5. The highest BCUT2D eigenvalue weighted by Gasteiger charge is 2.23. The van der Waals surface area contributed by atoms with E-state index in [2.05, 4.69) is 22.8 Å². The number of amides is 2. The molecule has 0 spiro atoms. The average Bonchev–Trinajstić information content (AvgIpc) is 3.72. The van der Waals surface area contributed by atoms with Gasteiger partial charge in [0.05, 0.1) is 6.04 Å². The molecule has 0 bridgehead atoms. The molecule has 36 heavy (non-hydrogen) atoms. The van der Waals surface area contributed by atoms with Gasteiger partial charge in [0.25, 0.3) is 11.8 Å². The first kappa shape index (κ1) is 25.6. The van der Waals surface area contributed by atoms with Crippen LogP contribution in [0.3, 0.4) is 0 Å². The summed E-state index contributed by atoms with van der Waals surface area (Å²) in [5.74, 6) is -0.238. The number of rotatable bonds is 11. The van der Waals surface area contributed by atoms with Gasteiger partial charge in [-0.2, -0.15) is 0 Å².